The van der Waals surface area contributed by atoms with Gasteiger partial charge in [-0.15, -0.1) is 5.06 Å². The van der Waals surface area contributed by atoms with Crippen LogP contribution in [0.4, 0.5) is 11.4 Å². The quantitative estimate of drug-likeness (QED) is 0.357. The standard InChI is InChI=1S/C19H18I3N3O6/c1-7(26)23-15-12(20)11(13(21)16(14(15)22)24-8(2)27)19(30)31-25-17(28)9-5-3-4-6-10(9)18(25)29/h9-10H,3-6H2,1-2H3,(H,23,26)(H,24,27). The van der Waals surface area contributed by atoms with Crippen LogP contribution in [-0.4, -0.2) is 34.7 Å². The van der Waals surface area contributed by atoms with Gasteiger partial charge in [0.15, 0.2) is 0 Å². The molecule has 4 amide bonds. The molecule has 0 radical (unpaired) electrons. The highest BCUT2D eigenvalue weighted by Crippen LogP contribution is 2.41. The number of rotatable bonds is 4. The van der Waals surface area contributed by atoms with Crippen molar-refractivity contribution in [2.24, 2.45) is 11.8 Å². The third kappa shape index (κ3) is 4.84. The van der Waals surface area contributed by atoms with Crippen LogP contribution in [0.25, 0.3) is 0 Å². The third-order valence-corrected chi connectivity index (χ3v) is 8.33. The van der Waals surface area contributed by atoms with Gasteiger partial charge >= 0.3 is 5.97 Å². The van der Waals surface area contributed by atoms with Crippen LogP contribution in [-0.2, 0) is 24.0 Å². The molecule has 166 valence electrons. The number of carbonyl (C=O) groups excluding carboxylic acids is 5. The first-order chi connectivity index (χ1) is 14.5. The van der Waals surface area contributed by atoms with Gasteiger partial charge in [-0.3, -0.25) is 19.2 Å². The summed E-state index contributed by atoms with van der Waals surface area (Å²) in [7, 11) is 0. The number of anilines is 2. The van der Waals surface area contributed by atoms with Crippen LogP contribution in [0.5, 0.6) is 0 Å². The smallest absolute Gasteiger partial charge is 0.325 e. The summed E-state index contributed by atoms with van der Waals surface area (Å²) in [6.07, 6.45) is 2.91. The minimum atomic E-state index is -0.913. The van der Waals surface area contributed by atoms with E-state index in [4.69, 9.17) is 4.84 Å². The Morgan fingerprint density at radius 3 is 1.65 bits per heavy atom. The number of nitrogens with zero attached hydrogens (tertiary/aromatic N) is 1. The molecule has 2 atom stereocenters. The number of hydroxylamine groups is 2. The summed E-state index contributed by atoms with van der Waals surface area (Å²) in [5.41, 5.74) is 0.708. The van der Waals surface area contributed by atoms with Gasteiger partial charge in [0.1, 0.15) is 0 Å². The van der Waals surface area contributed by atoms with Crippen LogP contribution in [0.1, 0.15) is 49.9 Å². The van der Waals surface area contributed by atoms with E-state index in [-0.39, 0.29) is 17.4 Å². The normalized spacial score (nSPS) is 20.4. The SMILES string of the molecule is CC(=O)Nc1c(I)c(NC(C)=O)c(I)c(C(=O)ON2C(=O)C3CCCCC3C2=O)c1I. The number of halogens is 3. The number of fused-ring (bicyclic) bond motifs is 1. The number of carbonyl (C=O) groups is 5. The van der Waals surface area contributed by atoms with E-state index in [0.717, 1.165) is 12.8 Å². The summed E-state index contributed by atoms with van der Waals surface area (Å²) in [6.45, 7) is 2.65. The van der Waals surface area contributed by atoms with E-state index in [1.807, 2.05) is 67.8 Å². The van der Waals surface area contributed by atoms with E-state index in [2.05, 4.69) is 10.6 Å². The molecule has 2 unspecified atom stereocenters. The zero-order chi connectivity index (χ0) is 23.0. The maximum Gasteiger partial charge on any atom is 0.366 e. The van der Waals surface area contributed by atoms with Gasteiger partial charge in [-0.1, -0.05) is 12.8 Å². The number of imide groups is 1. The molecule has 31 heavy (non-hydrogen) atoms. The number of hydrogen-bond donors (Lipinski definition) is 2. The summed E-state index contributed by atoms with van der Waals surface area (Å²) >= 11 is 5.76. The molecular weight excluding hydrogens is 747 g/mol. The third-order valence-electron chi connectivity index (χ3n) is 5.10. The first-order valence-corrected chi connectivity index (χ1v) is 12.6. The summed E-state index contributed by atoms with van der Waals surface area (Å²) in [6, 6.07) is 0. The van der Waals surface area contributed by atoms with Crippen LogP contribution in [0.3, 0.4) is 0 Å². The first kappa shape index (κ1) is 24.6. The average Bonchev–Trinajstić information content (AvgIpc) is 2.93. The molecule has 1 saturated carbocycles. The van der Waals surface area contributed by atoms with Crippen molar-refractivity contribution in [3.05, 3.63) is 16.3 Å². The largest absolute Gasteiger partial charge is 0.366 e. The van der Waals surface area contributed by atoms with Crippen molar-refractivity contribution in [2.45, 2.75) is 39.5 Å². The van der Waals surface area contributed by atoms with Gasteiger partial charge in [0.2, 0.25) is 11.8 Å². The second kappa shape index (κ2) is 9.84. The number of benzene rings is 1. The fourth-order valence-corrected chi connectivity index (χ4v) is 7.91. The Hall–Kier alpha value is -1.04. The second-order valence-corrected chi connectivity index (χ2v) is 10.5. The lowest BCUT2D eigenvalue weighted by molar-refractivity contribution is -0.174. The second-order valence-electron chi connectivity index (χ2n) is 7.28. The van der Waals surface area contributed by atoms with Crippen molar-refractivity contribution in [1.29, 1.82) is 0 Å². The minimum Gasteiger partial charge on any atom is -0.325 e. The lowest BCUT2D eigenvalue weighted by Gasteiger charge is -2.20. The predicted octanol–water partition coefficient (Wildman–Crippen LogP) is 3.66. The highest BCUT2D eigenvalue weighted by Gasteiger charge is 2.50. The molecule has 0 spiro atoms. The monoisotopic (exact) mass is 765 g/mol. The zero-order valence-electron chi connectivity index (χ0n) is 16.5. The first-order valence-electron chi connectivity index (χ1n) is 9.40. The molecule has 9 nitrogen and oxygen atoms in total. The molecule has 2 fully saturated rings. The molecule has 1 aromatic rings. The maximum atomic E-state index is 13.1. The Balaban J connectivity index is 2.01. The Kier molecular flexibility index (Phi) is 7.81. The summed E-state index contributed by atoms with van der Waals surface area (Å²) in [5.74, 6) is -3.53. The number of hydrogen-bond acceptors (Lipinski definition) is 6. The van der Waals surface area contributed by atoms with E-state index in [1.54, 1.807) is 0 Å². The average molecular weight is 765 g/mol. The Labute approximate surface area is 219 Å². The Bertz CT molecular complexity index is 945. The van der Waals surface area contributed by atoms with Crippen LogP contribution < -0.4 is 10.6 Å². The van der Waals surface area contributed by atoms with Crippen molar-refractivity contribution in [3.8, 4) is 0 Å². The van der Waals surface area contributed by atoms with Crippen molar-refractivity contribution in [2.75, 3.05) is 10.6 Å². The summed E-state index contributed by atoms with van der Waals surface area (Å²) in [4.78, 5) is 67.2. The Morgan fingerprint density at radius 1 is 0.839 bits per heavy atom. The van der Waals surface area contributed by atoms with Crippen LogP contribution in [0, 0.1) is 22.5 Å². The molecule has 2 N–H and O–H groups in total. The van der Waals surface area contributed by atoms with Gasteiger partial charge in [-0.25, -0.2) is 4.79 Å². The molecule has 1 heterocycles. The van der Waals surface area contributed by atoms with E-state index in [9.17, 15) is 24.0 Å². The van der Waals surface area contributed by atoms with Crippen molar-refractivity contribution in [3.63, 3.8) is 0 Å². The fraction of sp³-hybridized carbons (Fsp3) is 0.421. The van der Waals surface area contributed by atoms with Crippen LogP contribution in [0.15, 0.2) is 0 Å². The molecule has 0 aromatic heterocycles. The molecule has 1 aliphatic carbocycles. The molecule has 12 heteroatoms. The van der Waals surface area contributed by atoms with E-state index >= 15 is 0 Å². The molecule has 0 bridgehead atoms. The zero-order valence-corrected chi connectivity index (χ0v) is 23.0. The number of nitrogens with one attached hydrogen (secondary N) is 2. The summed E-state index contributed by atoms with van der Waals surface area (Å²) in [5, 5.41) is 5.92. The highest BCUT2D eigenvalue weighted by molar-refractivity contribution is 14.1. The van der Waals surface area contributed by atoms with Gasteiger partial charge in [0.05, 0.1) is 39.5 Å². The van der Waals surface area contributed by atoms with E-state index in [0.29, 0.717) is 40.0 Å². The summed E-state index contributed by atoms with van der Waals surface area (Å²) < 4.78 is 1.28. The fourth-order valence-electron chi connectivity index (χ4n) is 3.77. The topological polar surface area (TPSA) is 122 Å². The molecule has 1 saturated heterocycles. The van der Waals surface area contributed by atoms with Crippen molar-refractivity contribution >= 4 is 109 Å². The van der Waals surface area contributed by atoms with Crippen molar-refractivity contribution < 1.29 is 28.8 Å². The van der Waals surface area contributed by atoms with Gasteiger partial charge in [-0.2, -0.15) is 0 Å². The molecular formula is C19H18I3N3O6. The Morgan fingerprint density at radius 2 is 1.26 bits per heavy atom. The van der Waals surface area contributed by atoms with Gasteiger partial charge in [0.25, 0.3) is 11.8 Å². The minimum absolute atomic E-state index is 0.0459. The van der Waals surface area contributed by atoms with E-state index in [1.165, 1.54) is 13.8 Å². The predicted molar refractivity (Wildman–Crippen MR) is 136 cm³/mol. The van der Waals surface area contributed by atoms with Crippen LogP contribution in [0.2, 0.25) is 0 Å². The van der Waals surface area contributed by atoms with Gasteiger partial charge in [0, 0.05) is 13.8 Å². The lowest BCUT2D eigenvalue weighted by atomic mass is 9.81. The lowest BCUT2D eigenvalue weighted by Crippen LogP contribution is -2.34. The van der Waals surface area contributed by atoms with Crippen molar-refractivity contribution in [1.82, 2.24) is 5.06 Å². The number of amides is 4. The molecule has 2 aliphatic rings. The maximum absolute atomic E-state index is 13.1. The van der Waals surface area contributed by atoms with Gasteiger partial charge < -0.3 is 15.5 Å². The molecule has 3 rings (SSSR count). The molecule has 1 aliphatic heterocycles. The van der Waals surface area contributed by atoms with E-state index < -0.39 is 29.6 Å². The molecule has 1 aromatic carbocycles. The van der Waals surface area contributed by atoms with Crippen LogP contribution >= 0.6 is 67.8 Å². The highest BCUT2D eigenvalue weighted by atomic mass is 127. The van der Waals surface area contributed by atoms with Gasteiger partial charge in [-0.05, 0) is 80.6 Å².